The summed E-state index contributed by atoms with van der Waals surface area (Å²) in [5.41, 5.74) is -1.81. The van der Waals surface area contributed by atoms with Gasteiger partial charge in [-0.15, -0.1) is 0 Å². The first-order chi connectivity index (χ1) is 19.5. The highest BCUT2D eigenvalue weighted by Gasteiger charge is 2.48. The Hall–Kier alpha value is -3.51. The number of aliphatic hydroxyl groups excluding tert-OH is 7. The van der Waals surface area contributed by atoms with Crippen LogP contribution in [0, 0.1) is 0 Å². The van der Waals surface area contributed by atoms with Crippen LogP contribution in [0.25, 0.3) is 22.3 Å². The van der Waals surface area contributed by atoms with Gasteiger partial charge in [0.25, 0.3) is 0 Å². The van der Waals surface area contributed by atoms with Crippen LogP contribution < -0.4 is 10.2 Å². The minimum absolute atomic E-state index is 0.0815. The van der Waals surface area contributed by atoms with Crippen molar-refractivity contribution in [3.63, 3.8) is 0 Å². The fraction of sp³-hybridized carbons (Fsp3) is 0.423. The second-order valence-electron chi connectivity index (χ2n) is 9.74. The molecule has 0 spiro atoms. The Morgan fingerprint density at radius 2 is 1.37 bits per heavy atom. The largest absolute Gasteiger partial charge is 0.508 e. The van der Waals surface area contributed by atoms with Gasteiger partial charge in [0.15, 0.2) is 16.8 Å². The van der Waals surface area contributed by atoms with Crippen molar-refractivity contribution in [3.8, 4) is 34.3 Å². The summed E-state index contributed by atoms with van der Waals surface area (Å²) >= 11 is 0. The molecule has 0 aliphatic carbocycles. The maximum Gasteiger partial charge on any atom is 0.229 e. The van der Waals surface area contributed by atoms with E-state index in [4.69, 9.17) is 18.6 Å². The second-order valence-corrected chi connectivity index (χ2v) is 9.74. The molecule has 2 saturated heterocycles. The molecule has 5 rings (SSSR count). The molecule has 41 heavy (non-hydrogen) atoms. The number of phenols is 3. The van der Waals surface area contributed by atoms with Crippen molar-refractivity contribution in [2.75, 3.05) is 13.2 Å². The maximum absolute atomic E-state index is 13.3. The number of benzene rings is 2. The van der Waals surface area contributed by atoms with Crippen LogP contribution in [0.4, 0.5) is 0 Å². The van der Waals surface area contributed by atoms with Crippen LogP contribution in [-0.4, -0.2) is 113 Å². The van der Waals surface area contributed by atoms with Crippen LogP contribution >= 0.6 is 0 Å². The van der Waals surface area contributed by atoms with Gasteiger partial charge >= 0.3 is 0 Å². The molecule has 3 heterocycles. The maximum atomic E-state index is 13.3. The summed E-state index contributed by atoms with van der Waals surface area (Å²) in [6, 6.07) is 6.43. The fourth-order valence-electron chi connectivity index (χ4n) is 4.92. The Kier molecular flexibility index (Phi) is 7.82. The van der Waals surface area contributed by atoms with E-state index in [0.717, 1.165) is 6.07 Å². The van der Waals surface area contributed by atoms with Crippen LogP contribution in [0.5, 0.6) is 23.0 Å². The van der Waals surface area contributed by atoms with E-state index in [-0.39, 0.29) is 17.1 Å². The number of hydrogen-bond donors (Lipinski definition) is 10. The van der Waals surface area contributed by atoms with Gasteiger partial charge in [-0.3, -0.25) is 4.79 Å². The fourth-order valence-corrected chi connectivity index (χ4v) is 4.92. The lowest BCUT2D eigenvalue weighted by molar-refractivity contribution is -0.277. The number of rotatable bonds is 6. The molecule has 15 nitrogen and oxygen atoms in total. The molecule has 2 aliphatic heterocycles. The van der Waals surface area contributed by atoms with Crippen molar-refractivity contribution < 1.29 is 69.7 Å². The summed E-state index contributed by atoms with van der Waals surface area (Å²) in [5, 5.41) is 102. The molecule has 0 radical (unpaired) electrons. The van der Waals surface area contributed by atoms with E-state index in [2.05, 4.69) is 0 Å². The smallest absolute Gasteiger partial charge is 0.229 e. The third kappa shape index (κ3) is 4.86. The Bertz CT molecular complexity index is 1470. The standard InChI is InChI=1S/C26H28O15/c27-6-12-17(32)21(36)23(39-12)15-18(33)14-10(30)5-11(8-1-3-9(29)4-2-8)38-24(14)25(19(15)34)41-26-22(37)20(35)16(31)13(7-28)40-26/h1-5,12-13,16-17,20-23,26-29,31-37H,6-7H2. The molecule has 2 fully saturated rings. The highest BCUT2D eigenvalue weighted by Crippen LogP contribution is 2.51. The molecule has 1 aromatic heterocycles. The van der Waals surface area contributed by atoms with E-state index >= 15 is 0 Å². The zero-order chi connectivity index (χ0) is 29.7. The summed E-state index contributed by atoms with van der Waals surface area (Å²) in [5.74, 6) is -2.84. The van der Waals surface area contributed by atoms with Crippen LogP contribution in [0.1, 0.15) is 11.7 Å². The molecule has 15 heteroatoms. The number of aliphatic hydroxyl groups is 7. The van der Waals surface area contributed by atoms with Crippen molar-refractivity contribution in [1.82, 2.24) is 0 Å². The first kappa shape index (κ1) is 29.0. The van der Waals surface area contributed by atoms with E-state index < -0.39 is 108 Å². The van der Waals surface area contributed by atoms with E-state index in [1.807, 2.05) is 0 Å². The van der Waals surface area contributed by atoms with Crippen molar-refractivity contribution in [1.29, 1.82) is 0 Å². The van der Waals surface area contributed by atoms with Gasteiger partial charge in [0.2, 0.25) is 12.0 Å². The number of aromatic hydroxyl groups is 3. The van der Waals surface area contributed by atoms with Crippen LogP contribution in [0.2, 0.25) is 0 Å². The molecule has 0 amide bonds. The minimum Gasteiger partial charge on any atom is -0.508 e. The number of fused-ring (bicyclic) bond motifs is 1. The monoisotopic (exact) mass is 580 g/mol. The third-order valence-electron chi connectivity index (χ3n) is 7.18. The predicted octanol–water partition coefficient (Wildman–Crippen LogP) is -2.09. The van der Waals surface area contributed by atoms with Crippen molar-refractivity contribution in [2.45, 2.75) is 55.1 Å². The lowest BCUT2D eigenvalue weighted by Crippen LogP contribution is -2.60. The summed E-state index contributed by atoms with van der Waals surface area (Å²) < 4.78 is 22.3. The van der Waals surface area contributed by atoms with Gasteiger partial charge in [-0.2, -0.15) is 0 Å². The van der Waals surface area contributed by atoms with E-state index in [9.17, 15) is 55.9 Å². The predicted molar refractivity (Wildman–Crippen MR) is 134 cm³/mol. The molecule has 0 saturated carbocycles. The average molecular weight is 580 g/mol. The zero-order valence-electron chi connectivity index (χ0n) is 21.0. The quantitative estimate of drug-likeness (QED) is 0.150. The highest BCUT2D eigenvalue weighted by molar-refractivity contribution is 5.93. The Morgan fingerprint density at radius 3 is 1.98 bits per heavy atom. The number of phenolic OH excluding ortho intramolecular Hbond substituents is 3. The topological polar surface area (TPSA) is 260 Å². The summed E-state index contributed by atoms with van der Waals surface area (Å²) in [6.07, 6.45) is -15.3. The number of hydrogen-bond acceptors (Lipinski definition) is 15. The molecular weight excluding hydrogens is 552 g/mol. The van der Waals surface area contributed by atoms with Crippen LogP contribution in [-0.2, 0) is 9.47 Å². The molecular formula is C26H28O15. The van der Waals surface area contributed by atoms with Gasteiger partial charge in [0.1, 0.15) is 71.5 Å². The summed E-state index contributed by atoms with van der Waals surface area (Å²) in [4.78, 5) is 13.3. The van der Waals surface area contributed by atoms with E-state index in [1.165, 1.54) is 24.3 Å². The normalized spacial score (nSPS) is 31.9. The minimum atomic E-state index is -1.96. The van der Waals surface area contributed by atoms with Gasteiger partial charge in [-0.25, -0.2) is 0 Å². The SMILES string of the molecule is O=c1cc(-c2ccc(O)cc2)oc2c(OC3OC(CO)C(O)C(O)C3O)c(O)c(C3OC(CO)C(O)C3O)c(O)c12. The van der Waals surface area contributed by atoms with Crippen molar-refractivity contribution >= 4 is 11.0 Å². The van der Waals surface area contributed by atoms with Gasteiger partial charge in [0, 0.05) is 11.6 Å². The molecule has 2 aromatic carbocycles. The molecule has 222 valence electrons. The van der Waals surface area contributed by atoms with Gasteiger partial charge in [-0.1, -0.05) is 0 Å². The van der Waals surface area contributed by atoms with E-state index in [0.29, 0.717) is 0 Å². The van der Waals surface area contributed by atoms with Gasteiger partial charge in [0.05, 0.1) is 18.8 Å². The van der Waals surface area contributed by atoms with Crippen molar-refractivity contribution in [3.05, 3.63) is 46.1 Å². The Labute approximate surface area is 229 Å². The van der Waals surface area contributed by atoms with Gasteiger partial charge < -0.3 is 69.7 Å². The molecule has 10 N–H and O–H groups in total. The van der Waals surface area contributed by atoms with E-state index in [1.54, 1.807) is 0 Å². The first-order valence-electron chi connectivity index (χ1n) is 12.4. The average Bonchev–Trinajstić information content (AvgIpc) is 3.23. The third-order valence-corrected chi connectivity index (χ3v) is 7.18. The summed E-state index contributed by atoms with van der Waals surface area (Å²) in [7, 11) is 0. The van der Waals surface area contributed by atoms with Crippen LogP contribution in [0.3, 0.4) is 0 Å². The molecule has 9 unspecified atom stereocenters. The molecule has 9 atom stereocenters. The van der Waals surface area contributed by atoms with Gasteiger partial charge in [-0.05, 0) is 24.3 Å². The van der Waals surface area contributed by atoms with Crippen molar-refractivity contribution in [2.24, 2.45) is 0 Å². The van der Waals surface area contributed by atoms with Crippen LogP contribution in [0.15, 0.2) is 39.5 Å². The number of ether oxygens (including phenoxy) is 3. The lowest BCUT2D eigenvalue weighted by Gasteiger charge is -2.39. The molecule has 0 bridgehead atoms. The zero-order valence-corrected chi connectivity index (χ0v) is 21.0. The summed E-state index contributed by atoms with van der Waals surface area (Å²) in [6.45, 7) is -1.54. The molecule has 2 aliphatic rings. The molecule has 3 aromatic rings. The highest BCUT2D eigenvalue weighted by atomic mass is 16.7. The Morgan fingerprint density at radius 1 is 0.756 bits per heavy atom. The first-order valence-corrected chi connectivity index (χ1v) is 12.4. The second kappa shape index (κ2) is 11.1. The Balaban J connectivity index is 1.73. The lowest BCUT2D eigenvalue weighted by atomic mass is 9.96.